The minimum atomic E-state index is 0.473. The van der Waals surface area contributed by atoms with Gasteiger partial charge in [-0.25, -0.2) is 9.67 Å². The highest BCUT2D eigenvalue weighted by Gasteiger charge is 2.06. The lowest BCUT2D eigenvalue weighted by atomic mass is 10.1. The van der Waals surface area contributed by atoms with E-state index in [1.165, 1.54) is 11.1 Å². The van der Waals surface area contributed by atoms with Gasteiger partial charge in [0.2, 0.25) is 5.95 Å². The Morgan fingerprint density at radius 1 is 1.03 bits per heavy atom. The van der Waals surface area contributed by atoms with Gasteiger partial charge in [0.25, 0.3) is 0 Å². The Bertz CT molecular complexity index is 956. The number of aryl methyl sites for hydroxylation is 1. The van der Waals surface area contributed by atoms with Crippen molar-refractivity contribution in [3.8, 4) is 11.5 Å². The van der Waals surface area contributed by atoms with Crippen LogP contribution in [0.2, 0.25) is 0 Å². The number of rotatable bonds is 8. The highest BCUT2D eigenvalue weighted by molar-refractivity contribution is 7.80. The van der Waals surface area contributed by atoms with Crippen LogP contribution in [0.1, 0.15) is 16.7 Å². The van der Waals surface area contributed by atoms with Gasteiger partial charge < -0.3 is 14.8 Å². The zero-order chi connectivity index (χ0) is 20.6. The summed E-state index contributed by atoms with van der Waals surface area (Å²) in [6, 6.07) is 14.2. The molecule has 0 radical (unpaired) electrons. The Balaban J connectivity index is 1.46. The van der Waals surface area contributed by atoms with Crippen molar-refractivity contribution in [1.29, 1.82) is 0 Å². The molecule has 7 nitrogen and oxygen atoms in total. The lowest BCUT2D eigenvalue weighted by molar-refractivity contribution is 0.354. The van der Waals surface area contributed by atoms with E-state index in [0.29, 0.717) is 35.6 Å². The molecule has 0 saturated heterocycles. The Hall–Kier alpha value is -3.13. The molecule has 8 heteroatoms. The number of methoxy groups -OCH3 is 2. The molecule has 29 heavy (non-hydrogen) atoms. The van der Waals surface area contributed by atoms with Crippen LogP contribution in [-0.4, -0.2) is 40.6 Å². The molecular formula is C21H25N5O2S. The van der Waals surface area contributed by atoms with Gasteiger partial charge >= 0.3 is 0 Å². The number of nitrogens with zero attached hydrogens (tertiary/aromatic N) is 3. The summed E-state index contributed by atoms with van der Waals surface area (Å²) < 4.78 is 12.4. The van der Waals surface area contributed by atoms with Crippen LogP contribution in [0.15, 0.2) is 48.8 Å². The number of thiocarbonyl (C=S) groups is 1. The van der Waals surface area contributed by atoms with Crippen LogP contribution in [-0.2, 0) is 13.0 Å². The van der Waals surface area contributed by atoms with Crippen molar-refractivity contribution in [2.24, 2.45) is 0 Å². The molecule has 0 spiro atoms. The zero-order valence-corrected chi connectivity index (χ0v) is 17.6. The van der Waals surface area contributed by atoms with Crippen molar-refractivity contribution in [3.63, 3.8) is 0 Å². The number of nitrogens with one attached hydrogen (secondary N) is 2. The summed E-state index contributed by atoms with van der Waals surface area (Å²) in [5.41, 5.74) is 3.53. The SMILES string of the molecule is COc1ccc(CCNC(=S)Nc2ncn(Cc3ccc(C)cc3)n2)cc1OC. The number of hydrogen-bond donors (Lipinski definition) is 2. The van der Waals surface area contributed by atoms with E-state index in [1.807, 2.05) is 18.2 Å². The second kappa shape index (κ2) is 9.88. The Labute approximate surface area is 176 Å². The molecule has 152 valence electrons. The third-order valence-corrected chi connectivity index (χ3v) is 4.62. The van der Waals surface area contributed by atoms with Crippen molar-refractivity contribution in [2.45, 2.75) is 19.9 Å². The predicted molar refractivity (Wildman–Crippen MR) is 118 cm³/mol. The quantitative estimate of drug-likeness (QED) is 0.552. The summed E-state index contributed by atoms with van der Waals surface area (Å²) >= 11 is 5.34. The van der Waals surface area contributed by atoms with Crippen molar-refractivity contribution in [1.82, 2.24) is 20.1 Å². The molecule has 0 bridgehead atoms. The van der Waals surface area contributed by atoms with Crippen molar-refractivity contribution < 1.29 is 9.47 Å². The molecule has 2 N–H and O–H groups in total. The maximum absolute atomic E-state index is 5.34. The first-order valence-electron chi connectivity index (χ1n) is 9.28. The second-order valence-electron chi connectivity index (χ2n) is 6.57. The molecule has 3 rings (SSSR count). The highest BCUT2D eigenvalue weighted by Crippen LogP contribution is 2.27. The predicted octanol–water partition coefficient (Wildman–Crippen LogP) is 3.18. The summed E-state index contributed by atoms with van der Waals surface area (Å²) in [5, 5.41) is 11.1. The fraction of sp³-hybridized carbons (Fsp3) is 0.286. The third-order valence-electron chi connectivity index (χ3n) is 4.37. The number of anilines is 1. The normalized spacial score (nSPS) is 10.4. The van der Waals surface area contributed by atoms with Crippen molar-refractivity contribution in [3.05, 3.63) is 65.5 Å². The Kier molecular flexibility index (Phi) is 7.02. The van der Waals surface area contributed by atoms with E-state index in [0.717, 1.165) is 12.0 Å². The molecule has 0 unspecified atom stereocenters. The lowest BCUT2D eigenvalue weighted by Gasteiger charge is -2.11. The summed E-state index contributed by atoms with van der Waals surface area (Å²) in [6.07, 6.45) is 2.48. The van der Waals surface area contributed by atoms with E-state index in [2.05, 4.69) is 51.9 Å². The molecule has 0 aliphatic rings. The molecule has 0 amide bonds. The van der Waals surface area contributed by atoms with Crippen LogP contribution in [0, 0.1) is 6.92 Å². The maximum atomic E-state index is 5.34. The Morgan fingerprint density at radius 2 is 1.76 bits per heavy atom. The van der Waals surface area contributed by atoms with E-state index in [-0.39, 0.29) is 0 Å². The molecule has 2 aromatic carbocycles. The summed E-state index contributed by atoms with van der Waals surface area (Å²) in [6.45, 7) is 3.40. The van der Waals surface area contributed by atoms with Gasteiger partial charge in [-0.2, -0.15) is 0 Å². The second-order valence-corrected chi connectivity index (χ2v) is 6.98. The first-order chi connectivity index (χ1) is 14.1. The standard InChI is InChI=1S/C21H25N5O2S/c1-15-4-6-17(7-5-15)13-26-14-23-20(25-26)24-21(29)22-11-10-16-8-9-18(27-2)19(12-16)28-3/h4-9,12,14H,10-11,13H2,1-3H3,(H2,22,24,25,29). The molecule has 0 aliphatic carbocycles. The highest BCUT2D eigenvalue weighted by atomic mass is 32.1. The minimum absolute atomic E-state index is 0.473. The van der Waals surface area contributed by atoms with Gasteiger partial charge in [-0.1, -0.05) is 35.9 Å². The zero-order valence-electron chi connectivity index (χ0n) is 16.8. The number of ether oxygens (including phenoxy) is 2. The van der Waals surface area contributed by atoms with E-state index >= 15 is 0 Å². The number of benzene rings is 2. The van der Waals surface area contributed by atoms with Crippen molar-refractivity contribution >= 4 is 23.3 Å². The third kappa shape index (κ3) is 5.92. The molecule has 1 aromatic heterocycles. The van der Waals surface area contributed by atoms with Crippen LogP contribution in [0.3, 0.4) is 0 Å². The molecule has 0 atom stereocenters. The fourth-order valence-corrected chi connectivity index (χ4v) is 3.00. The van der Waals surface area contributed by atoms with Gasteiger partial charge in [-0.05, 0) is 48.8 Å². The van der Waals surface area contributed by atoms with Crippen LogP contribution < -0.4 is 20.1 Å². The monoisotopic (exact) mass is 411 g/mol. The van der Waals surface area contributed by atoms with E-state index in [9.17, 15) is 0 Å². The van der Waals surface area contributed by atoms with E-state index in [1.54, 1.807) is 25.2 Å². The fourth-order valence-electron chi connectivity index (χ4n) is 2.81. The number of hydrogen-bond acceptors (Lipinski definition) is 5. The maximum Gasteiger partial charge on any atom is 0.248 e. The molecule has 1 heterocycles. The van der Waals surface area contributed by atoms with Gasteiger partial charge in [0.1, 0.15) is 6.33 Å². The minimum Gasteiger partial charge on any atom is -0.493 e. The molecular weight excluding hydrogens is 386 g/mol. The summed E-state index contributed by atoms with van der Waals surface area (Å²) in [7, 11) is 3.25. The average Bonchev–Trinajstić information content (AvgIpc) is 3.16. The first kappa shape index (κ1) is 20.6. The van der Waals surface area contributed by atoms with Crippen LogP contribution in [0.5, 0.6) is 11.5 Å². The summed E-state index contributed by atoms with van der Waals surface area (Å²) in [5.74, 6) is 1.91. The topological polar surface area (TPSA) is 73.2 Å². The smallest absolute Gasteiger partial charge is 0.248 e. The van der Waals surface area contributed by atoms with Gasteiger partial charge in [0, 0.05) is 6.54 Å². The average molecular weight is 412 g/mol. The largest absolute Gasteiger partial charge is 0.493 e. The van der Waals surface area contributed by atoms with Crippen LogP contribution in [0.4, 0.5) is 5.95 Å². The van der Waals surface area contributed by atoms with Crippen molar-refractivity contribution in [2.75, 3.05) is 26.1 Å². The van der Waals surface area contributed by atoms with Gasteiger partial charge in [-0.3, -0.25) is 5.32 Å². The first-order valence-corrected chi connectivity index (χ1v) is 9.69. The summed E-state index contributed by atoms with van der Waals surface area (Å²) in [4.78, 5) is 4.26. The molecule has 0 aliphatic heterocycles. The number of aromatic nitrogens is 3. The van der Waals surface area contributed by atoms with Crippen LogP contribution >= 0.6 is 12.2 Å². The molecule has 0 fully saturated rings. The molecule has 0 saturated carbocycles. The van der Waals surface area contributed by atoms with E-state index < -0.39 is 0 Å². The lowest BCUT2D eigenvalue weighted by Crippen LogP contribution is -2.30. The molecule has 3 aromatic rings. The van der Waals surface area contributed by atoms with Gasteiger partial charge in [-0.15, -0.1) is 5.10 Å². The van der Waals surface area contributed by atoms with E-state index in [4.69, 9.17) is 21.7 Å². The van der Waals surface area contributed by atoms with Gasteiger partial charge in [0.15, 0.2) is 16.6 Å². The van der Waals surface area contributed by atoms with Crippen LogP contribution in [0.25, 0.3) is 0 Å². The van der Waals surface area contributed by atoms with Gasteiger partial charge in [0.05, 0.1) is 20.8 Å². The Morgan fingerprint density at radius 3 is 2.48 bits per heavy atom.